The van der Waals surface area contributed by atoms with Crippen LogP contribution in [0.5, 0.6) is 0 Å². The van der Waals surface area contributed by atoms with Crippen molar-refractivity contribution in [3.05, 3.63) is 6.20 Å². The molecule has 86 valence electrons. The van der Waals surface area contributed by atoms with E-state index in [4.69, 9.17) is 0 Å². The van der Waals surface area contributed by atoms with Gasteiger partial charge in [0.25, 0.3) is 0 Å². The molecule has 5 rings (SSSR count). The van der Waals surface area contributed by atoms with E-state index in [0.717, 1.165) is 17.8 Å². The van der Waals surface area contributed by atoms with Crippen LogP contribution in [0, 0.1) is 17.8 Å². The maximum Gasteiger partial charge on any atom is 0.130 e. The molecule has 0 spiro atoms. The van der Waals surface area contributed by atoms with Crippen LogP contribution in [-0.2, 0) is 0 Å². The Labute approximate surface area is 99.8 Å². The van der Waals surface area contributed by atoms with Crippen molar-refractivity contribution < 1.29 is 0 Å². The first-order chi connectivity index (χ1) is 7.81. The van der Waals surface area contributed by atoms with Crippen LogP contribution in [0.1, 0.15) is 38.5 Å². The fourth-order valence-corrected chi connectivity index (χ4v) is 5.29. The van der Waals surface area contributed by atoms with Gasteiger partial charge >= 0.3 is 0 Å². The Morgan fingerprint density at radius 2 is 1.75 bits per heavy atom. The van der Waals surface area contributed by atoms with Crippen LogP contribution in [-0.4, -0.2) is 15.1 Å². The highest BCUT2D eigenvalue weighted by Gasteiger charge is 2.51. The minimum atomic E-state index is 0.406. The number of hydrogen-bond acceptors (Lipinski definition) is 4. The standard InChI is InChI=1S/C12H17N3S/c1-8-2-10-3-9(1)5-12(4-8,6-10)14-11-7-13-15-16-11/h7-10,14H,1-6H2. The lowest BCUT2D eigenvalue weighted by atomic mass is 9.53. The first-order valence-corrected chi connectivity index (χ1v) is 7.14. The molecule has 0 saturated heterocycles. The van der Waals surface area contributed by atoms with Crippen molar-refractivity contribution in [3.63, 3.8) is 0 Å². The van der Waals surface area contributed by atoms with Crippen molar-refractivity contribution in [1.29, 1.82) is 0 Å². The highest BCUT2D eigenvalue weighted by molar-refractivity contribution is 7.09. The smallest absolute Gasteiger partial charge is 0.130 e. The lowest BCUT2D eigenvalue weighted by molar-refractivity contribution is 0.0108. The second-order valence-corrected chi connectivity index (χ2v) is 6.89. The molecule has 3 nitrogen and oxygen atoms in total. The molecule has 4 heteroatoms. The molecule has 1 N–H and O–H groups in total. The third-order valence-electron chi connectivity index (χ3n) is 4.79. The molecular weight excluding hydrogens is 218 g/mol. The van der Waals surface area contributed by atoms with E-state index < -0.39 is 0 Å². The first-order valence-electron chi connectivity index (χ1n) is 6.37. The van der Waals surface area contributed by atoms with Crippen LogP contribution >= 0.6 is 11.5 Å². The van der Waals surface area contributed by atoms with Gasteiger partial charge in [-0.05, 0) is 56.3 Å². The normalized spacial score (nSPS) is 44.9. The van der Waals surface area contributed by atoms with Gasteiger partial charge < -0.3 is 5.32 Å². The molecule has 4 fully saturated rings. The third kappa shape index (κ3) is 1.39. The molecule has 4 bridgehead atoms. The molecule has 0 amide bonds. The van der Waals surface area contributed by atoms with Gasteiger partial charge in [0, 0.05) is 17.1 Å². The van der Waals surface area contributed by atoms with Gasteiger partial charge in [-0.1, -0.05) is 4.49 Å². The van der Waals surface area contributed by atoms with Gasteiger partial charge in [0.15, 0.2) is 0 Å². The van der Waals surface area contributed by atoms with E-state index in [-0.39, 0.29) is 0 Å². The van der Waals surface area contributed by atoms with Crippen molar-refractivity contribution in [2.24, 2.45) is 17.8 Å². The first kappa shape index (κ1) is 9.40. The van der Waals surface area contributed by atoms with Crippen molar-refractivity contribution in [3.8, 4) is 0 Å². The predicted octanol–water partition coefficient (Wildman–Crippen LogP) is 2.92. The summed E-state index contributed by atoms with van der Waals surface area (Å²) in [5.74, 6) is 3.00. The summed E-state index contributed by atoms with van der Waals surface area (Å²) in [5.41, 5.74) is 0.406. The predicted molar refractivity (Wildman–Crippen MR) is 64.4 cm³/mol. The van der Waals surface area contributed by atoms with E-state index >= 15 is 0 Å². The van der Waals surface area contributed by atoms with Crippen molar-refractivity contribution in [1.82, 2.24) is 9.59 Å². The zero-order chi connectivity index (χ0) is 10.6. The maximum atomic E-state index is 3.95. The zero-order valence-electron chi connectivity index (χ0n) is 9.35. The Hall–Kier alpha value is -0.640. The molecule has 0 radical (unpaired) electrons. The monoisotopic (exact) mass is 235 g/mol. The third-order valence-corrected chi connectivity index (χ3v) is 5.37. The fraction of sp³-hybridized carbons (Fsp3) is 0.833. The SMILES string of the molecule is c1nnsc1NC12CC3CC(CC(C3)C1)C2. The summed E-state index contributed by atoms with van der Waals surface area (Å²) < 4.78 is 3.95. The molecule has 4 aliphatic rings. The van der Waals surface area contributed by atoms with E-state index in [1.54, 1.807) is 0 Å². The number of rotatable bonds is 2. The lowest BCUT2D eigenvalue weighted by Crippen LogP contribution is -2.54. The molecule has 1 heterocycles. The minimum Gasteiger partial charge on any atom is -0.369 e. The maximum absolute atomic E-state index is 3.95. The second kappa shape index (κ2) is 3.19. The Balaban J connectivity index is 1.62. The van der Waals surface area contributed by atoms with E-state index in [9.17, 15) is 0 Å². The van der Waals surface area contributed by atoms with Gasteiger partial charge in [0.05, 0.1) is 6.20 Å². The van der Waals surface area contributed by atoms with Crippen LogP contribution in [0.2, 0.25) is 0 Å². The van der Waals surface area contributed by atoms with E-state index in [1.165, 1.54) is 55.1 Å². The molecule has 0 atom stereocenters. The highest BCUT2D eigenvalue weighted by atomic mass is 32.1. The molecular formula is C12H17N3S. The molecule has 0 aliphatic heterocycles. The Morgan fingerprint density at radius 3 is 2.25 bits per heavy atom. The minimum absolute atomic E-state index is 0.406. The average molecular weight is 235 g/mol. The van der Waals surface area contributed by atoms with Crippen LogP contribution < -0.4 is 5.32 Å². The summed E-state index contributed by atoms with van der Waals surface area (Å²) >= 11 is 1.50. The summed E-state index contributed by atoms with van der Waals surface area (Å²) in [6.07, 6.45) is 10.5. The van der Waals surface area contributed by atoms with E-state index in [0.29, 0.717) is 5.54 Å². The van der Waals surface area contributed by atoms with Crippen LogP contribution in [0.4, 0.5) is 5.00 Å². The zero-order valence-corrected chi connectivity index (χ0v) is 10.2. The topological polar surface area (TPSA) is 37.8 Å². The number of aromatic nitrogens is 2. The van der Waals surface area contributed by atoms with Crippen molar-refractivity contribution in [2.45, 2.75) is 44.1 Å². The molecule has 0 unspecified atom stereocenters. The van der Waals surface area contributed by atoms with Gasteiger partial charge in [-0.15, -0.1) is 5.10 Å². The van der Waals surface area contributed by atoms with Crippen LogP contribution in [0.15, 0.2) is 6.20 Å². The average Bonchev–Trinajstić information content (AvgIpc) is 2.66. The number of nitrogens with zero attached hydrogens (tertiary/aromatic N) is 2. The lowest BCUT2D eigenvalue weighted by Gasteiger charge is -2.57. The molecule has 1 aromatic rings. The summed E-state index contributed by atoms with van der Waals surface area (Å²) in [6.45, 7) is 0. The summed E-state index contributed by atoms with van der Waals surface area (Å²) in [6, 6.07) is 0. The van der Waals surface area contributed by atoms with Gasteiger partial charge in [0.1, 0.15) is 5.00 Å². The summed E-state index contributed by atoms with van der Waals surface area (Å²) in [5, 5.41) is 8.85. The molecule has 16 heavy (non-hydrogen) atoms. The van der Waals surface area contributed by atoms with Crippen LogP contribution in [0.25, 0.3) is 0 Å². The Bertz CT molecular complexity index is 352. The summed E-state index contributed by atoms with van der Waals surface area (Å²) in [7, 11) is 0. The van der Waals surface area contributed by atoms with Gasteiger partial charge in [-0.25, -0.2) is 0 Å². The Morgan fingerprint density at radius 1 is 1.12 bits per heavy atom. The van der Waals surface area contributed by atoms with Crippen molar-refractivity contribution in [2.75, 3.05) is 5.32 Å². The van der Waals surface area contributed by atoms with Gasteiger partial charge in [-0.2, -0.15) is 0 Å². The van der Waals surface area contributed by atoms with E-state index in [2.05, 4.69) is 14.9 Å². The quantitative estimate of drug-likeness (QED) is 0.856. The molecule has 0 aromatic carbocycles. The van der Waals surface area contributed by atoms with Gasteiger partial charge in [-0.3, -0.25) is 0 Å². The highest BCUT2D eigenvalue weighted by Crippen LogP contribution is 2.56. The van der Waals surface area contributed by atoms with E-state index in [1.807, 2.05) is 6.20 Å². The molecule has 4 aliphatic carbocycles. The number of nitrogens with one attached hydrogen (secondary N) is 1. The summed E-state index contributed by atoms with van der Waals surface area (Å²) in [4.78, 5) is 0. The largest absolute Gasteiger partial charge is 0.369 e. The van der Waals surface area contributed by atoms with Crippen LogP contribution in [0.3, 0.4) is 0 Å². The number of anilines is 1. The van der Waals surface area contributed by atoms with Crippen molar-refractivity contribution >= 4 is 16.5 Å². The fourth-order valence-electron chi connectivity index (χ4n) is 4.75. The second-order valence-electron chi connectivity index (χ2n) is 6.10. The molecule has 1 aromatic heterocycles. The molecule has 4 saturated carbocycles. The Kier molecular flexibility index (Phi) is 1.87. The number of hydrogen-bond donors (Lipinski definition) is 1. The van der Waals surface area contributed by atoms with Gasteiger partial charge in [0.2, 0.25) is 0 Å².